The second-order valence-corrected chi connectivity index (χ2v) is 12.6. The molecule has 166 valence electrons. The maximum Gasteiger partial charge on any atom is 0.240 e. The third-order valence-corrected chi connectivity index (χ3v) is 6.86. The van der Waals surface area contributed by atoms with Gasteiger partial charge in [-0.15, -0.1) is 0 Å². The van der Waals surface area contributed by atoms with Crippen LogP contribution >= 0.6 is 11.6 Å². The highest BCUT2D eigenvalue weighted by Crippen LogP contribution is 2.48. The van der Waals surface area contributed by atoms with Crippen LogP contribution in [0, 0.1) is 29.0 Å². The number of carbonyl (C=O) groups excluding carboxylic acids is 1. The highest BCUT2D eigenvalue weighted by Gasteiger charge is 2.48. The van der Waals surface area contributed by atoms with Gasteiger partial charge in [-0.2, -0.15) is 5.10 Å². The summed E-state index contributed by atoms with van der Waals surface area (Å²) in [5.74, 6) is 0.271. The third kappa shape index (κ3) is 5.24. The van der Waals surface area contributed by atoms with Crippen molar-refractivity contribution in [3.8, 4) is 5.75 Å². The second kappa shape index (κ2) is 8.97. The monoisotopic (exact) mass is 454 g/mol. The highest BCUT2D eigenvalue weighted by atomic mass is 35.5. The minimum absolute atomic E-state index is 0.0466. The van der Waals surface area contributed by atoms with Crippen LogP contribution < -0.4 is 10.2 Å². The Kier molecular flexibility index (Phi) is 6.94. The lowest BCUT2D eigenvalue weighted by Crippen LogP contribution is -2.35. The molecule has 4 atom stereocenters. The van der Waals surface area contributed by atoms with Gasteiger partial charge in [0.25, 0.3) is 0 Å². The molecule has 5 nitrogen and oxygen atoms in total. The summed E-state index contributed by atoms with van der Waals surface area (Å²) in [6.45, 7) is 13.4. The van der Waals surface area contributed by atoms with E-state index in [2.05, 4.69) is 44.4 Å². The zero-order valence-corrected chi connectivity index (χ0v) is 20.5. The van der Waals surface area contributed by atoms with Crippen LogP contribution in [0.4, 0.5) is 4.39 Å². The first-order valence-electron chi connectivity index (χ1n) is 10.6. The first-order valence-corrected chi connectivity index (χ1v) is 13.8. The fourth-order valence-electron chi connectivity index (χ4n) is 4.09. The molecule has 8 heteroatoms. The summed E-state index contributed by atoms with van der Waals surface area (Å²) < 4.78 is 27.2. The van der Waals surface area contributed by atoms with Crippen molar-refractivity contribution >= 4 is 32.3 Å². The van der Waals surface area contributed by atoms with E-state index in [1.807, 2.05) is 6.92 Å². The Balaban J connectivity index is 1.66. The molecule has 1 amide bonds. The molecule has 1 aliphatic carbocycles. The Hall–Kier alpha value is -1.44. The lowest BCUT2D eigenvalue weighted by Gasteiger charge is -2.33. The molecule has 3 rings (SSSR count). The number of amides is 1. The van der Waals surface area contributed by atoms with Crippen molar-refractivity contribution in [2.75, 3.05) is 6.61 Å². The molecule has 1 aromatic rings. The third-order valence-electron chi connectivity index (χ3n) is 5.67. The van der Waals surface area contributed by atoms with Crippen molar-refractivity contribution in [1.29, 1.82) is 0 Å². The fraction of sp³-hybridized carbons (Fsp3) is 0.636. The predicted molar refractivity (Wildman–Crippen MR) is 120 cm³/mol. The summed E-state index contributed by atoms with van der Waals surface area (Å²) in [6.07, 6.45) is 1.54. The number of hydrogen-bond donors (Lipinski definition) is 1. The number of hydrazone groups is 1. The Morgan fingerprint density at radius 3 is 2.67 bits per heavy atom. The molecule has 2 aliphatic rings. The van der Waals surface area contributed by atoms with Crippen LogP contribution in [-0.2, 0) is 9.22 Å². The lowest BCUT2D eigenvalue weighted by atomic mass is 9.86. The molecule has 0 spiro atoms. The summed E-state index contributed by atoms with van der Waals surface area (Å²) >= 11 is 6.28. The molecule has 0 bridgehead atoms. The quantitative estimate of drug-likeness (QED) is 0.603. The average Bonchev–Trinajstić information content (AvgIpc) is 3.40. The smallest absolute Gasteiger partial charge is 0.240 e. The Bertz CT molecular complexity index is 840. The summed E-state index contributed by atoms with van der Waals surface area (Å²) in [6, 6.07) is 3.31. The molecule has 1 heterocycles. The normalized spacial score (nSPS) is 25.0. The SMILES string of the molecule is CC1CC(=O)NN=C1c1ccc(OCC2CC2C(O[SiH](C)C)C(C)(C)C)c(Cl)c1F. The Morgan fingerprint density at radius 1 is 1.37 bits per heavy atom. The number of ether oxygens (including phenoxy) is 1. The van der Waals surface area contributed by atoms with Gasteiger partial charge in [0.05, 0.1) is 18.4 Å². The van der Waals surface area contributed by atoms with Crippen molar-refractivity contribution in [2.45, 2.75) is 59.7 Å². The summed E-state index contributed by atoms with van der Waals surface area (Å²) in [4.78, 5) is 11.4. The second-order valence-electron chi connectivity index (χ2n) is 9.82. The standard InChI is InChI=1S/C22H32ClFN2O3Si/c1-12-9-17(27)25-26-20(12)14-7-8-16(18(23)19(14)24)28-11-13-10-15(13)21(22(2,3)4)29-30(5)6/h7-8,12-13,15,21,30H,9-11H2,1-6H3,(H,25,27). The molecule has 4 unspecified atom stereocenters. The largest absolute Gasteiger partial charge is 0.492 e. The Morgan fingerprint density at radius 2 is 2.07 bits per heavy atom. The van der Waals surface area contributed by atoms with Gasteiger partial charge in [-0.25, -0.2) is 9.82 Å². The van der Waals surface area contributed by atoms with Gasteiger partial charge in [-0.05, 0) is 48.9 Å². The van der Waals surface area contributed by atoms with Crippen LogP contribution in [-0.4, -0.2) is 33.4 Å². The highest BCUT2D eigenvalue weighted by molar-refractivity contribution is 6.48. The van der Waals surface area contributed by atoms with Gasteiger partial charge in [-0.3, -0.25) is 4.79 Å². The summed E-state index contributed by atoms with van der Waals surface area (Å²) in [7, 11) is -1.14. The number of benzene rings is 1. The van der Waals surface area contributed by atoms with Crippen LogP contribution in [0.15, 0.2) is 17.2 Å². The number of rotatable bonds is 7. The van der Waals surface area contributed by atoms with E-state index in [1.54, 1.807) is 12.1 Å². The van der Waals surface area contributed by atoms with Gasteiger partial charge < -0.3 is 9.16 Å². The van der Waals surface area contributed by atoms with E-state index in [1.165, 1.54) is 0 Å². The summed E-state index contributed by atoms with van der Waals surface area (Å²) in [5, 5.41) is 3.97. The number of hydrogen-bond acceptors (Lipinski definition) is 4. The summed E-state index contributed by atoms with van der Waals surface area (Å²) in [5.41, 5.74) is 3.28. The van der Waals surface area contributed by atoms with Crippen LogP contribution in [0.3, 0.4) is 0 Å². The van der Waals surface area contributed by atoms with Gasteiger partial charge >= 0.3 is 0 Å². The predicted octanol–water partition coefficient (Wildman–Crippen LogP) is 4.77. The van der Waals surface area contributed by atoms with E-state index in [9.17, 15) is 9.18 Å². The molecule has 30 heavy (non-hydrogen) atoms. The topological polar surface area (TPSA) is 59.9 Å². The van der Waals surface area contributed by atoms with E-state index in [0.29, 0.717) is 35.5 Å². The fourth-order valence-corrected chi connectivity index (χ4v) is 5.51. The number of halogens is 2. The van der Waals surface area contributed by atoms with E-state index < -0.39 is 14.9 Å². The van der Waals surface area contributed by atoms with Crippen LogP contribution in [0.25, 0.3) is 0 Å². The molecule has 0 aromatic heterocycles. The van der Waals surface area contributed by atoms with Gasteiger partial charge in [-0.1, -0.05) is 39.3 Å². The van der Waals surface area contributed by atoms with Crippen LogP contribution in [0.5, 0.6) is 5.75 Å². The van der Waals surface area contributed by atoms with Gasteiger partial charge in [0.2, 0.25) is 5.91 Å². The molecular formula is C22H32ClFN2O3Si. The zero-order valence-electron chi connectivity index (χ0n) is 18.6. The van der Waals surface area contributed by atoms with Gasteiger partial charge in [0.1, 0.15) is 10.8 Å². The molecule has 0 saturated heterocycles. The van der Waals surface area contributed by atoms with E-state index in [0.717, 1.165) is 6.42 Å². The minimum atomic E-state index is -1.14. The number of carbonyl (C=O) groups is 1. The first-order chi connectivity index (χ1) is 14.0. The Labute approximate surface area is 185 Å². The van der Waals surface area contributed by atoms with Crippen molar-refractivity contribution < 1.29 is 18.3 Å². The van der Waals surface area contributed by atoms with Crippen molar-refractivity contribution in [3.05, 3.63) is 28.5 Å². The van der Waals surface area contributed by atoms with Crippen molar-refractivity contribution in [2.24, 2.45) is 28.3 Å². The minimum Gasteiger partial charge on any atom is -0.492 e. The molecule has 1 fully saturated rings. The lowest BCUT2D eigenvalue weighted by molar-refractivity contribution is -0.121. The molecule has 1 aromatic carbocycles. The molecule has 1 N–H and O–H groups in total. The van der Waals surface area contributed by atoms with Gasteiger partial charge in [0.15, 0.2) is 14.9 Å². The van der Waals surface area contributed by atoms with Gasteiger partial charge in [0, 0.05) is 17.9 Å². The molecule has 0 radical (unpaired) electrons. The van der Waals surface area contributed by atoms with Crippen LogP contribution in [0.2, 0.25) is 18.1 Å². The van der Waals surface area contributed by atoms with Crippen LogP contribution in [0.1, 0.15) is 46.1 Å². The number of nitrogens with one attached hydrogen (secondary N) is 1. The molecular weight excluding hydrogens is 423 g/mol. The van der Waals surface area contributed by atoms with Crippen molar-refractivity contribution in [3.63, 3.8) is 0 Å². The first kappa shape index (κ1) is 23.2. The van der Waals surface area contributed by atoms with E-state index >= 15 is 0 Å². The molecule has 1 saturated carbocycles. The average molecular weight is 455 g/mol. The maximum absolute atomic E-state index is 14.9. The maximum atomic E-state index is 14.9. The zero-order chi connectivity index (χ0) is 22.2. The number of nitrogens with zero attached hydrogens (tertiary/aromatic N) is 1. The van der Waals surface area contributed by atoms with E-state index in [4.69, 9.17) is 20.8 Å². The van der Waals surface area contributed by atoms with E-state index in [-0.39, 0.29) is 34.8 Å². The van der Waals surface area contributed by atoms with Crippen molar-refractivity contribution in [1.82, 2.24) is 5.43 Å². The molecule has 1 aliphatic heterocycles.